The molecule has 0 amide bonds. The maximum atomic E-state index is 3.49. The van der Waals surface area contributed by atoms with Gasteiger partial charge in [-0.3, -0.25) is 0 Å². The van der Waals surface area contributed by atoms with Gasteiger partial charge in [-0.2, -0.15) is 0 Å². The van der Waals surface area contributed by atoms with Crippen molar-refractivity contribution >= 4 is 0 Å². The molecule has 0 aliphatic carbocycles. The standard InChI is InChI=1S/C18H23N/c1-14(2)19-13-15(3)16-9-11-18(12-10-16)17-7-5-4-6-8-17/h4-12,14-15,19H,13H2,1-3H3. The van der Waals surface area contributed by atoms with E-state index in [2.05, 4.69) is 80.7 Å². The van der Waals surface area contributed by atoms with Crippen LogP contribution in [-0.4, -0.2) is 12.6 Å². The summed E-state index contributed by atoms with van der Waals surface area (Å²) in [5.41, 5.74) is 3.96. The SMILES string of the molecule is CC(C)NCC(C)c1ccc(-c2ccccc2)cc1. The Bertz CT molecular complexity index is 485. The first kappa shape index (κ1) is 13.8. The maximum absolute atomic E-state index is 3.49. The highest BCUT2D eigenvalue weighted by Gasteiger charge is 2.06. The molecule has 0 spiro atoms. The topological polar surface area (TPSA) is 12.0 Å². The predicted molar refractivity (Wildman–Crippen MR) is 83.4 cm³/mol. The second-order valence-electron chi connectivity index (χ2n) is 5.45. The van der Waals surface area contributed by atoms with E-state index in [0.29, 0.717) is 12.0 Å². The first-order valence-corrected chi connectivity index (χ1v) is 7.05. The molecule has 2 aromatic carbocycles. The third kappa shape index (κ3) is 3.93. The second kappa shape index (κ2) is 6.53. The van der Waals surface area contributed by atoms with E-state index in [1.807, 2.05) is 0 Å². The van der Waals surface area contributed by atoms with Gasteiger partial charge in [0.25, 0.3) is 0 Å². The smallest absolute Gasteiger partial charge is 0.00198 e. The Morgan fingerprint density at radius 3 is 1.95 bits per heavy atom. The van der Waals surface area contributed by atoms with Crippen LogP contribution in [0.15, 0.2) is 54.6 Å². The maximum Gasteiger partial charge on any atom is 0.00198 e. The minimum atomic E-state index is 0.547. The Hall–Kier alpha value is -1.60. The fourth-order valence-electron chi connectivity index (χ4n) is 2.17. The minimum Gasteiger partial charge on any atom is -0.314 e. The number of nitrogens with one attached hydrogen (secondary N) is 1. The quantitative estimate of drug-likeness (QED) is 0.830. The Morgan fingerprint density at radius 1 is 0.789 bits per heavy atom. The van der Waals surface area contributed by atoms with E-state index in [1.54, 1.807) is 0 Å². The third-order valence-corrected chi connectivity index (χ3v) is 3.42. The second-order valence-corrected chi connectivity index (χ2v) is 5.45. The highest BCUT2D eigenvalue weighted by molar-refractivity contribution is 5.63. The summed E-state index contributed by atoms with van der Waals surface area (Å²) in [6.07, 6.45) is 0. The van der Waals surface area contributed by atoms with Crippen molar-refractivity contribution in [1.82, 2.24) is 5.32 Å². The van der Waals surface area contributed by atoms with E-state index in [0.717, 1.165) is 6.54 Å². The summed E-state index contributed by atoms with van der Waals surface area (Å²) in [4.78, 5) is 0. The number of hydrogen-bond acceptors (Lipinski definition) is 1. The van der Waals surface area contributed by atoms with Crippen LogP contribution in [0.2, 0.25) is 0 Å². The molecule has 0 radical (unpaired) electrons. The van der Waals surface area contributed by atoms with Gasteiger partial charge < -0.3 is 5.32 Å². The number of benzene rings is 2. The van der Waals surface area contributed by atoms with Gasteiger partial charge in [-0.1, -0.05) is 75.4 Å². The van der Waals surface area contributed by atoms with Crippen molar-refractivity contribution in [2.75, 3.05) is 6.54 Å². The van der Waals surface area contributed by atoms with Crippen LogP contribution >= 0.6 is 0 Å². The van der Waals surface area contributed by atoms with Gasteiger partial charge in [0.1, 0.15) is 0 Å². The molecule has 1 unspecified atom stereocenters. The average molecular weight is 253 g/mol. The van der Waals surface area contributed by atoms with Gasteiger partial charge in [0.2, 0.25) is 0 Å². The van der Waals surface area contributed by atoms with Crippen LogP contribution in [0.3, 0.4) is 0 Å². The molecule has 0 aliphatic heterocycles. The normalized spacial score (nSPS) is 12.6. The van der Waals surface area contributed by atoms with Crippen molar-refractivity contribution in [1.29, 1.82) is 0 Å². The summed E-state index contributed by atoms with van der Waals surface area (Å²) < 4.78 is 0. The highest BCUT2D eigenvalue weighted by atomic mass is 14.9. The molecule has 0 aliphatic rings. The molecule has 0 saturated heterocycles. The van der Waals surface area contributed by atoms with Crippen molar-refractivity contribution in [2.24, 2.45) is 0 Å². The summed E-state index contributed by atoms with van der Waals surface area (Å²) in [6, 6.07) is 20.0. The monoisotopic (exact) mass is 253 g/mol. The first-order valence-electron chi connectivity index (χ1n) is 7.05. The Labute approximate surface area is 116 Å². The van der Waals surface area contributed by atoms with Crippen molar-refractivity contribution in [3.05, 3.63) is 60.2 Å². The largest absolute Gasteiger partial charge is 0.314 e. The van der Waals surface area contributed by atoms with Crippen LogP contribution < -0.4 is 5.32 Å². The van der Waals surface area contributed by atoms with Crippen molar-refractivity contribution in [3.63, 3.8) is 0 Å². The molecule has 0 fully saturated rings. The van der Waals surface area contributed by atoms with Gasteiger partial charge in [0.05, 0.1) is 0 Å². The molecular weight excluding hydrogens is 230 g/mol. The zero-order valence-corrected chi connectivity index (χ0v) is 12.1. The molecule has 0 bridgehead atoms. The van der Waals surface area contributed by atoms with Crippen LogP contribution in [-0.2, 0) is 0 Å². The van der Waals surface area contributed by atoms with Gasteiger partial charge in [0, 0.05) is 12.6 Å². The molecule has 19 heavy (non-hydrogen) atoms. The van der Waals surface area contributed by atoms with Crippen molar-refractivity contribution < 1.29 is 0 Å². The zero-order valence-electron chi connectivity index (χ0n) is 12.1. The zero-order chi connectivity index (χ0) is 13.7. The van der Waals surface area contributed by atoms with Gasteiger partial charge in [-0.05, 0) is 22.6 Å². The van der Waals surface area contributed by atoms with Crippen LogP contribution in [0.4, 0.5) is 0 Å². The number of hydrogen-bond donors (Lipinski definition) is 1. The van der Waals surface area contributed by atoms with Gasteiger partial charge in [-0.25, -0.2) is 0 Å². The van der Waals surface area contributed by atoms with Gasteiger partial charge in [0.15, 0.2) is 0 Å². The summed E-state index contributed by atoms with van der Waals surface area (Å²) in [5, 5.41) is 3.49. The summed E-state index contributed by atoms with van der Waals surface area (Å²) in [6.45, 7) is 7.67. The predicted octanol–water partition coefficient (Wildman–Crippen LogP) is 4.46. The lowest BCUT2D eigenvalue weighted by Crippen LogP contribution is -2.26. The Kier molecular flexibility index (Phi) is 4.75. The van der Waals surface area contributed by atoms with E-state index in [1.165, 1.54) is 16.7 Å². The van der Waals surface area contributed by atoms with Crippen molar-refractivity contribution in [2.45, 2.75) is 32.7 Å². The molecule has 2 rings (SSSR count). The number of rotatable bonds is 5. The summed E-state index contributed by atoms with van der Waals surface area (Å²) in [5.74, 6) is 0.548. The highest BCUT2D eigenvalue weighted by Crippen LogP contribution is 2.22. The van der Waals surface area contributed by atoms with Crippen LogP contribution in [0.1, 0.15) is 32.3 Å². The molecule has 100 valence electrons. The van der Waals surface area contributed by atoms with Crippen LogP contribution in [0, 0.1) is 0 Å². The molecule has 0 saturated carbocycles. The minimum absolute atomic E-state index is 0.547. The molecule has 2 aromatic rings. The summed E-state index contributed by atoms with van der Waals surface area (Å²) >= 11 is 0. The Balaban J connectivity index is 2.06. The Morgan fingerprint density at radius 2 is 1.37 bits per heavy atom. The summed E-state index contributed by atoms with van der Waals surface area (Å²) in [7, 11) is 0. The van der Waals surface area contributed by atoms with Gasteiger partial charge in [-0.15, -0.1) is 0 Å². The molecule has 0 aromatic heterocycles. The first-order chi connectivity index (χ1) is 9.16. The van der Waals surface area contributed by atoms with Crippen LogP contribution in [0.5, 0.6) is 0 Å². The van der Waals surface area contributed by atoms with E-state index in [9.17, 15) is 0 Å². The lowest BCUT2D eigenvalue weighted by Gasteiger charge is -2.15. The van der Waals surface area contributed by atoms with E-state index < -0.39 is 0 Å². The molecule has 1 N–H and O–H groups in total. The fraction of sp³-hybridized carbons (Fsp3) is 0.333. The average Bonchev–Trinajstić information content (AvgIpc) is 2.46. The molecule has 1 nitrogen and oxygen atoms in total. The lowest BCUT2D eigenvalue weighted by atomic mass is 9.97. The van der Waals surface area contributed by atoms with Gasteiger partial charge >= 0.3 is 0 Å². The van der Waals surface area contributed by atoms with Crippen molar-refractivity contribution in [3.8, 4) is 11.1 Å². The van der Waals surface area contributed by atoms with E-state index in [4.69, 9.17) is 0 Å². The van der Waals surface area contributed by atoms with E-state index >= 15 is 0 Å². The molecule has 1 atom stereocenters. The van der Waals surface area contributed by atoms with Crippen LogP contribution in [0.25, 0.3) is 11.1 Å². The fourth-order valence-corrected chi connectivity index (χ4v) is 2.17. The molecule has 0 heterocycles. The molecule has 1 heteroatoms. The van der Waals surface area contributed by atoms with E-state index in [-0.39, 0.29) is 0 Å². The third-order valence-electron chi connectivity index (χ3n) is 3.42. The lowest BCUT2D eigenvalue weighted by molar-refractivity contribution is 0.548. The molecular formula is C18H23N.